The van der Waals surface area contributed by atoms with Gasteiger partial charge in [0.2, 0.25) is 5.88 Å². The van der Waals surface area contributed by atoms with Gasteiger partial charge >= 0.3 is 0 Å². The highest BCUT2D eigenvalue weighted by Crippen LogP contribution is 2.39. The van der Waals surface area contributed by atoms with Crippen LogP contribution < -0.4 is 15.4 Å². The molecule has 0 bridgehead atoms. The first kappa shape index (κ1) is 18.0. The summed E-state index contributed by atoms with van der Waals surface area (Å²) < 4.78 is 6.05. The first-order valence-electron chi connectivity index (χ1n) is 9.12. The number of aromatic nitrogens is 2. The van der Waals surface area contributed by atoms with Crippen LogP contribution in [-0.2, 0) is 0 Å². The van der Waals surface area contributed by atoms with Crippen LogP contribution in [0.15, 0.2) is 59.9 Å². The number of anilines is 2. The molecule has 142 valence electrons. The Labute approximate surface area is 164 Å². The smallest absolute Gasteiger partial charge is 0.246 e. The lowest BCUT2D eigenvalue weighted by Crippen LogP contribution is -2.41. The molecular weight excluding hydrogens is 350 g/mol. The first-order valence-corrected chi connectivity index (χ1v) is 9.12. The van der Waals surface area contributed by atoms with Crippen LogP contribution in [0, 0.1) is 0 Å². The molecule has 1 aliphatic rings. The normalized spacial score (nSPS) is 14.6. The van der Waals surface area contributed by atoms with Crippen LogP contribution in [0.5, 0.6) is 5.88 Å². The Morgan fingerprint density at radius 2 is 1.43 bits per heavy atom. The first-order chi connectivity index (χ1) is 13.3. The number of benzene rings is 2. The maximum atomic E-state index is 6.05. The summed E-state index contributed by atoms with van der Waals surface area (Å²) in [6, 6.07) is 16.8. The van der Waals surface area contributed by atoms with Gasteiger partial charge in [0.1, 0.15) is 11.9 Å². The number of aliphatic imine (C=N–C) groups is 1. The number of hydrogen-bond donors (Lipinski definition) is 1. The number of nitrogen functional groups attached to an aromatic ring is 1. The standard InChI is InChI=1S/C22H23N5O/c1-22(2)19(26-18-20(23)24-13-25-21(18)28-22)16-7-5-14(6-8-16)15-9-11-17(12-10-15)27(3)4/h5-13H,1-4H3,(H2,23,24,25). The number of rotatable bonds is 3. The Morgan fingerprint density at radius 1 is 0.857 bits per heavy atom. The fourth-order valence-corrected chi connectivity index (χ4v) is 3.28. The third-order valence-corrected chi connectivity index (χ3v) is 4.84. The number of ether oxygens (including phenoxy) is 1. The van der Waals surface area contributed by atoms with Crippen LogP contribution in [0.3, 0.4) is 0 Å². The quantitative estimate of drug-likeness (QED) is 0.748. The topological polar surface area (TPSA) is 76.6 Å². The average Bonchev–Trinajstić information content (AvgIpc) is 2.67. The highest BCUT2D eigenvalue weighted by molar-refractivity contribution is 6.09. The predicted molar refractivity (Wildman–Crippen MR) is 114 cm³/mol. The van der Waals surface area contributed by atoms with E-state index in [1.165, 1.54) is 17.6 Å². The lowest BCUT2D eigenvalue weighted by Gasteiger charge is -2.32. The number of fused-ring (bicyclic) bond motifs is 1. The summed E-state index contributed by atoms with van der Waals surface area (Å²) >= 11 is 0. The third kappa shape index (κ3) is 3.17. The molecule has 0 unspecified atom stereocenters. The van der Waals surface area contributed by atoms with Gasteiger partial charge in [-0.2, -0.15) is 4.98 Å². The van der Waals surface area contributed by atoms with E-state index in [-0.39, 0.29) is 0 Å². The fraction of sp³-hybridized carbons (Fsp3) is 0.227. The highest BCUT2D eigenvalue weighted by Gasteiger charge is 2.35. The summed E-state index contributed by atoms with van der Waals surface area (Å²) in [5.41, 5.74) is 11.1. The Balaban J connectivity index is 1.69. The van der Waals surface area contributed by atoms with Gasteiger partial charge in [0.05, 0.1) is 5.71 Å². The Bertz CT molecular complexity index is 1040. The van der Waals surface area contributed by atoms with Crippen LogP contribution >= 0.6 is 0 Å². The molecular formula is C22H23N5O. The van der Waals surface area contributed by atoms with E-state index in [1.807, 2.05) is 27.9 Å². The van der Waals surface area contributed by atoms with E-state index in [0.717, 1.165) is 16.8 Å². The van der Waals surface area contributed by atoms with E-state index in [2.05, 4.69) is 63.4 Å². The lowest BCUT2D eigenvalue weighted by molar-refractivity contribution is 0.171. The maximum Gasteiger partial charge on any atom is 0.246 e. The van der Waals surface area contributed by atoms with Gasteiger partial charge in [-0.05, 0) is 37.1 Å². The summed E-state index contributed by atoms with van der Waals surface area (Å²) in [7, 11) is 4.07. The summed E-state index contributed by atoms with van der Waals surface area (Å²) in [4.78, 5) is 15.0. The molecule has 1 aliphatic heterocycles. The van der Waals surface area contributed by atoms with E-state index in [1.54, 1.807) is 0 Å². The minimum atomic E-state index is -0.622. The summed E-state index contributed by atoms with van der Waals surface area (Å²) in [5.74, 6) is 0.731. The Morgan fingerprint density at radius 3 is 2.04 bits per heavy atom. The molecule has 2 aromatic carbocycles. The van der Waals surface area contributed by atoms with E-state index < -0.39 is 5.60 Å². The molecule has 6 heteroatoms. The molecule has 6 nitrogen and oxygen atoms in total. The van der Waals surface area contributed by atoms with Crippen LogP contribution in [0.25, 0.3) is 11.1 Å². The molecule has 3 aromatic rings. The van der Waals surface area contributed by atoms with Gasteiger partial charge < -0.3 is 15.4 Å². The molecule has 1 aromatic heterocycles. The monoisotopic (exact) mass is 373 g/mol. The SMILES string of the molecule is CN(C)c1ccc(-c2ccc(C3=Nc4c(N)ncnc4OC3(C)C)cc2)cc1. The summed E-state index contributed by atoms with van der Waals surface area (Å²) in [5, 5.41) is 0. The van der Waals surface area contributed by atoms with Gasteiger partial charge in [-0.15, -0.1) is 0 Å². The molecule has 0 spiro atoms. The second-order valence-electron chi connectivity index (χ2n) is 7.50. The predicted octanol–water partition coefficient (Wildman–Crippen LogP) is 4.08. The maximum absolute atomic E-state index is 6.05. The highest BCUT2D eigenvalue weighted by atomic mass is 16.5. The molecule has 4 rings (SSSR count). The van der Waals surface area contributed by atoms with Gasteiger partial charge in [0.25, 0.3) is 0 Å². The van der Waals surface area contributed by atoms with Crippen molar-refractivity contribution in [3.05, 3.63) is 60.4 Å². The number of nitrogens with two attached hydrogens (primary N) is 1. The van der Waals surface area contributed by atoms with Crippen molar-refractivity contribution < 1.29 is 4.74 Å². The van der Waals surface area contributed by atoms with Crippen molar-refractivity contribution in [1.82, 2.24) is 9.97 Å². The second kappa shape index (κ2) is 6.64. The van der Waals surface area contributed by atoms with Crippen LogP contribution in [-0.4, -0.2) is 35.4 Å². The van der Waals surface area contributed by atoms with Crippen LogP contribution in [0.2, 0.25) is 0 Å². The van der Waals surface area contributed by atoms with Crippen LogP contribution in [0.1, 0.15) is 19.4 Å². The summed E-state index contributed by atoms with van der Waals surface area (Å²) in [6.07, 6.45) is 1.39. The van der Waals surface area contributed by atoms with Gasteiger partial charge in [-0.3, -0.25) is 0 Å². The largest absolute Gasteiger partial charge is 0.463 e. The van der Waals surface area contributed by atoms with Crippen molar-refractivity contribution in [3.63, 3.8) is 0 Å². The van der Waals surface area contributed by atoms with Crippen molar-refractivity contribution in [3.8, 4) is 17.0 Å². The molecule has 0 aliphatic carbocycles. The van der Waals surface area contributed by atoms with Crippen molar-refractivity contribution in [2.45, 2.75) is 19.4 Å². The second-order valence-corrected chi connectivity index (χ2v) is 7.50. The van der Waals surface area contributed by atoms with Crippen molar-refractivity contribution in [2.75, 3.05) is 24.7 Å². The molecule has 0 fully saturated rings. The zero-order chi connectivity index (χ0) is 19.9. The minimum Gasteiger partial charge on any atom is -0.463 e. The molecule has 28 heavy (non-hydrogen) atoms. The van der Waals surface area contributed by atoms with Crippen molar-refractivity contribution in [2.24, 2.45) is 4.99 Å². The Kier molecular flexibility index (Phi) is 4.26. The summed E-state index contributed by atoms with van der Waals surface area (Å²) in [6.45, 7) is 3.95. The molecule has 0 saturated carbocycles. The van der Waals surface area contributed by atoms with Gasteiger partial charge in [-0.25, -0.2) is 9.98 Å². The number of hydrogen-bond acceptors (Lipinski definition) is 6. The molecule has 2 N–H and O–H groups in total. The zero-order valence-corrected chi connectivity index (χ0v) is 16.5. The van der Waals surface area contributed by atoms with Crippen molar-refractivity contribution >= 4 is 22.9 Å². The van der Waals surface area contributed by atoms with Crippen LogP contribution in [0.4, 0.5) is 17.2 Å². The molecule has 0 atom stereocenters. The zero-order valence-electron chi connectivity index (χ0n) is 16.5. The fourth-order valence-electron chi connectivity index (χ4n) is 3.28. The van der Waals surface area contributed by atoms with E-state index >= 15 is 0 Å². The van der Waals surface area contributed by atoms with Gasteiger partial charge in [-0.1, -0.05) is 36.4 Å². The molecule has 2 heterocycles. The molecule has 0 saturated heterocycles. The van der Waals surface area contributed by atoms with E-state index in [0.29, 0.717) is 17.4 Å². The van der Waals surface area contributed by atoms with E-state index in [9.17, 15) is 0 Å². The van der Waals surface area contributed by atoms with Crippen molar-refractivity contribution in [1.29, 1.82) is 0 Å². The third-order valence-electron chi connectivity index (χ3n) is 4.84. The lowest BCUT2D eigenvalue weighted by atomic mass is 9.92. The number of nitrogens with zero attached hydrogens (tertiary/aromatic N) is 4. The average molecular weight is 373 g/mol. The molecule has 0 radical (unpaired) electrons. The Hall–Kier alpha value is -3.41. The van der Waals surface area contributed by atoms with Gasteiger partial charge in [0, 0.05) is 25.3 Å². The van der Waals surface area contributed by atoms with E-state index in [4.69, 9.17) is 15.5 Å². The molecule has 0 amide bonds. The van der Waals surface area contributed by atoms with Gasteiger partial charge in [0.15, 0.2) is 11.5 Å². The minimum absolute atomic E-state index is 0.315.